The summed E-state index contributed by atoms with van der Waals surface area (Å²) < 4.78 is 5.88. The molecule has 0 saturated carbocycles. The summed E-state index contributed by atoms with van der Waals surface area (Å²) in [6, 6.07) is 16.4. The van der Waals surface area contributed by atoms with Crippen molar-refractivity contribution in [2.45, 2.75) is 38.1 Å². The number of nitrogens with one attached hydrogen (secondary N) is 1. The number of likely N-dealkylation sites (tertiary alicyclic amines) is 1. The number of nitrogens with zero attached hydrogens (tertiary/aromatic N) is 1. The molecule has 0 bridgehead atoms. The zero-order valence-corrected chi connectivity index (χ0v) is 15.6. The molecule has 1 saturated heterocycles. The molecule has 2 N–H and O–H groups in total. The highest BCUT2D eigenvalue weighted by molar-refractivity contribution is 5.82. The van der Waals surface area contributed by atoms with Crippen LogP contribution < -0.4 is 5.32 Å². The minimum absolute atomic E-state index is 0.0331. The number of ether oxygens (including phenoxy) is 1. The fourth-order valence-electron chi connectivity index (χ4n) is 4.34. The number of likely N-dealkylation sites (N-methyl/N-ethyl adjacent to an activating group) is 1. The Hall–Kier alpha value is -2.21. The Kier molecular flexibility index (Phi) is 5.25. The fourth-order valence-corrected chi connectivity index (χ4v) is 4.34. The third-order valence-electron chi connectivity index (χ3n) is 5.61. The Morgan fingerprint density at radius 1 is 1.19 bits per heavy atom. The first-order valence-corrected chi connectivity index (χ1v) is 9.72. The molecule has 1 aliphatic carbocycles. The van der Waals surface area contributed by atoms with E-state index in [1.807, 2.05) is 19.1 Å². The Morgan fingerprint density at radius 3 is 2.44 bits per heavy atom. The van der Waals surface area contributed by atoms with Crippen molar-refractivity contribution in [2.24, 2.45) is 0 Å². The summed E-state index contributed by atoms with van der Waals surface area (Å²) in [4.78, 5) is 14.0. The molecular weight excluding hydrogens is 340 g/mol. The number of rotatable bonds is 6. The van der Waals surface area contributed by atoms with Crippen molar-refractivity contribution in [2.75, 3.05) is 19.7 Å². The predicted octanol–water partition coefficient (Wildman–Crippen LogP) is 2.69. The van der Waals surface area contributed by atoms with Gasteiger partial charge in [-0.2, -0.15) is 0 Å². The van der Waals surface area contributed by atoms with Crippen LogP contribution in [-0.2, 0) is 9.53 Å². The van der Waals surface area contributed by atoms with Gasteiger partial charge >= 0.3 is 0 Å². The molecule has 5 heteroatoms. The normalized spacial score (nSPS) is 20.3. The van der Waals surface area contributed by atoms with Crippen molar-refractivity contribution < 1.29 is 14.6 Å². The SMILES string of the molecule is CCNC(=O)C1CCCN1C(O)OCC1c2ccccc2-c2ccccc21. The van der Waals surface area contributed by atoms with Gasteiger partial charge < -0.3 is 15.2 Å². The maximum absolute atomic E-state index is 12.2. The number of aliphatic hydroxyl groups excluding tert-OH is 1. The van der Waals surface area contributed by atoms with Crippen molar-refractivity contribution in [1.82, 2.24) is 10.2 Å². The van der Waals surface area contributed by atoms with E-state index in [9.17, 15) is 9.90 Å². The lowest BCUT2D eigenvalue weighted by atomic mass is 9.98. The first-order valence-electron chi connectivity index (χ1n) is 9.72. The number of hydrogen-bond donors (Lipinski definition) is 2. The van der Waals surface area contributed by atoms with Crippen molar-refractivity contribution in [1.29, 1.82) is 0 Å². The van der Waals surface area contributed by atoms with Crippen LogP contribution in [0.1, 0.15) is 36.8 Å². The average molecular weight is 366 g/mol. The van der Waals surface area contributed by atoms with Crippen LogP contribution in [0.2, 0.25) is 0 Å². The Balaban J connectivity index is 1.48. The number of carbonyl (C=O) groups excluding carboxylic acids is 1. The third-order valence-corrected chi connectivity index (χ3v) is 5.61. The highest BCUT2D eigenvalue weighted by Crippen LogP contribution is 2.44. The summed E-state index contributed by atoms with van der Waals surface area (Å²) in [6.45, 7) is 3.55. The lowest BCUT2D eigenvalue weighted by Crippen LogP contribution is -2.48. The van der Waals surface area contributed by atoms with Gasteiger partial charge in [0, 0.05) is 19.0 Å². The van der Waals surface area contributed by atoms with Crippen molar-refractivity contribution in [3.63, 3.8) is 0 Å². The van der Waals surface area contributed by atoms with E-state index in [0.717, 1.165) is 12.8 Å². The van der Waals surface area contributed by atoms with E-state index in [0.29, 0.717) is 19.7 Å². The summed E-state index contributed by atoms with van der Waals surface area (Å²) in [5.41, 5.74) is 4.93. The zero-order chi connectivity index (χ0) is 18.8. The minimum atomic E-state index is -1.07. The van der Waals surface area contributed by atoms with Crippen LogP contribution in [0.15, 0.2) is 48.5 Å². The second-order valence-electron chi connectivity index (χ2n) is 7.18. The van der Waals surface area contributed by atoms with E-state index in [-0.39, 0.29) is 17.9 Å². The molecule has 2 aliphatic rings. The van der Waals surface area contributed by atoms with Crippen molar-refractivity contribution in [3.8, 4) is 11.1 Å². The summed E-state index contributed by atoms with van der Waals surface area (Å²) >= 11 is 0. The van der Waals surface area contributed by atoms with Crippen molar-refractivity contribution >= 4 is 5.91 Å². The standard InChI is InChI=1S/C22H26N2O3/c1-2-23-21(25)20-12-7-13-24(20)22(26)27-14-19-17-10-5-3-8-15(17)16-9-4-6-11-18(16)19/h3-6,8-11,19-20,22,26H,2,7,12-14H2,1H3,(H,23,25). The summed E-state index contributed by atoms with van der Waals surface area (Å²) in [5, 5.41) is 13.5. The highest BCUT2D eigenvalue weighted by atomic mass is 16.6. The van der Waals surface area contributed by atoms with Crippen LogP contribution in [0.4, 0.5) is 0 Å². The highest BCUT2D eigenvalue weighted by Gasteiger charge is 2.36. The van der Waals surface area contributed by atoms with E-state index in [4.69, 9.17) is 4.74 Å². The number of fused-ring (bicyclic) bond motifs is 3. The Morgan fingerprint density at radius 2 is 1.81 bits per heavy atom. The van der Waals surface area contributed by atoms with Crippen LogP contribution in [0, 0.1) is 0 Å². The van der Waals surface area contributed by atoms with Crippen LogP contribution in [0.3, 0.4) is 0 Å². The lowest BCUT2D eigenvalue weighted by Gasteiger charge is -2.29. The minimum Gasteiger partial charge on any atom is -0.356 e. The summed E-state index contributed by atoms with van der Waals surface area (Å²) in [5.74, 6) is 0.0618. The molecule has 2 unspecified atom stereocenters. The van der Waals surface area contributed by atoms with E-state index < -0.39 is 6.41 Å². The second kappa shape index (κ2) is 7.80. The largest absolute Gasteiger partial charge is 0.356 e. The number of hydrogen-bond acceptors (Lipinski definition) is 4. The molecule has 0 spiro atoms. The number of benzene rings is 2. The molecule has 27 heavy (non-hydrogen) atoms. The van der Waals surface area contributed by atoms with Crippen LogP contribution in [-0.4, -0.2) is 48.1 Å². The maximum Gasteiger partial charge on any atom is 0.237 e. The molecule has 1 amide bonds. The molecule has 0 radical (unpaired) electrons. The molecule has 1 heterocycles. The molecule has 1 fully saturated rings. The van der Waals surface area contributed by atoms with Crippen LogP contribution in [0.5, 0.6) is 0 Å². The molecule has 142 valence electrons. The van der Waals surface area contributed by atoms with Gasteiger partial charge in [-0.05, 0) is 42.0 Å². The zero-order valence-electron chi connectivity index (χ0n) is 15.6. The fraction of sp³-hybridized carbons (Fsp3) is 0.409. The van der Waals surface area contributed by atoms with Gasteiger partial charge in [-0.1, -0.05) is 48.5 Å². The number of amides is 1. The summed E-state index contributed by atoms with van der Waals surface area (Å²) in [7, 11) is 0. The van der Waals surface area contributed by atoms with Gasteiger partial charge in [0.1, 0.15) is 0 Å². The lowest BCUT2D eigenvalue weighted by molar-refractivity contribution is -0.199. The number of aliphatic hydroxyl groups is 1. The summed E-state index contributed by atoms with van der Waals surface area (Å²) in [6.07, 6.45) is 0.568. The van der Waals surface area contributed by atoms with E-state index >= 15 is 0 Å². The number of carbonyl (C=O) groups is 1. The van der Waals surface area contributed by atoms with Crippen LogP contribution >= 0.6 is 0 Å². The second-order valence-corrected chi connectivity index (χ2v) is 7.18. The van der Waals surface area contributed by atoms with Gasteiger partial charge in [-0.25, -0.2) is 4.90 Å². The maximum atomic E-state index is 12.2. The smallest absolute Gasteiger partial charge is 0.237 e. The molecular formula is C22H26N2O3. The topological polar surface area (TPSA) is 61.8 Å². The first kappa shape index (κ1) is 18.2. The molecule has 1 aliphatic heterocycles. The van der Waals surface area contributed by atoms with Gasteiger partial charge in [0.25, 0.3) is 0 Å². The van der Waals surface area contributed by atoms with Gasteiger partial charge in [0.2, 0.25) is 12.3 Å². The van der Waals surface area contributed by atoms with E-state index in [2.05, 4.69) is 41.7 Å². The van der Waals surface area contributed by atoms with Crippen LogP contribution in [0.25, 0.3) is 11.1 Å². The van der Waals surface area contributed by atoms with Gasteiger partial charge in [0.05, 0.1) is 12.6 Å². The Bertz CT molecular complexity index is 777. The first-order chi connectivity index (χ1) is 13.2. The quantitative estimate of drug-likeness (QED) is 0.772. The van der Waals surface area contributed by atoms with Gasteiger partial charge in [-0.15, -0.1) is 0 Å². The molecule has 2 aromatic rings. The predicted molar refractivity (Wildman–Crippen MR) is 104 cm³/mol. The third kappa shape index (κ3) is 3.38. The van der Waals surface area contributed by atoms with Gasteiger partial charge in [-0.3, -0.25) is 4.79 Å². The van der Waals surface area contributed by atoms with Gasteiger partial charge in [0.15, 0.2) is 0 Å². The van der Waals surface area contributed by atoms with Crippen molar-refractivity contribution in [3.05, 3.63) is 59.7 Å². The van der Waals surface area contributed by atoms with E-state index in [1.165, 1.54) is 22.3 Å². The average Bonchev–Trinajstić information content (AvgIpc) is 3.30. The molecule has 0 aromatic heterocycles. The molecule has 5 nitrogen and oxygen atoms in total. The Labute approximate surface area is 160 Å². The molecule has 2 aromatic carbocycles. The molecule has 2 atom stereocenters. The van der Waals surface area contributed by atoms with E-state index in [1.54, 1.807) is 4.90 Å². The molecule has 4 rings (SSSR count). The monoisotopic (exact) mass is 366 g/mol.